The predicted octanol–water partition coefficient (Wildman–Crippen LogP) is 4.12. The molecule has 0 aliphatic carbocycles. The van der Waals surface area contributed by atoms with Gasteiger partial charge in [-0.05, 0) is 52.6 Å². The van der Waals surface area contributed by atoms with Crippen molar-refractivity contribution < 1.29 is 18.3 Å². The van der Waals surface area contributed by atoms with E-state index in [0.29, 0.717) is 23.2 Å². The molecular formula is C27H26N2O4S. The van der Waals surface area contributed by atoms with Crippen LogP contribution in [-0.4, -0.2) is 32.1 Å². The Morgan fingerprint density at radius 2 is 1.47 bits per heavy atom. The van der Waals surface area contributed by atoms with Crippen LogP contribution in [0.5, 0.6) is 0 Å². The number of aliphatic hydroxyl groups excluding tert-OH is 1. The molecule has 1 atom stereocenters. The second-order valence-electron chi connectivity index (χ2n) is 8.16. The summed E-state index contributed by atoms with van der Waals surface area (Å²) in [5.74, 6) is -0.534. The van der Waals surface area contributed by atoms with E-state index in [1.165, 1.54) is 0 Å². The summed E-state index contributed by atoms with van der Waals surface area (Å²) in [5.41, 5.74) is 2.48. The highest BCUT2D eigenvalue weighted by molar-refractivity contribution is 7.91. The molecule has 0 aliphatic rings. The third-order valence-corrected chi connectivity index (χ3v) is 6.74. The molecule has 0 aromatic heterocycles. The van der Waals surface area contributed by atoms with E-state index < -0.39 is 16.1 Å². The molecule has 0 radical (unpaired) electrons. The lowest BCUT2D eigenvalue weighted by Crippen LogP contribution is -2.39. The minimum absolute atomic E-state index is 0.183. The predicted molar refractivity (Wildman–Crippen MR) is 135 cm³/mol. The van der Waals surface area contributed by atoms with Crippen LogP contribution in [-0.2, 0) is 22.2 Å². The van der Waals surface area contributed by atoms with Crippen LogP contribution in [0.2, 0.25) is 0 Å². The SMILES string of the molecule is O=C(N[C@H](CO)Cc1ccccc1)c1ccc(CS(=O)(=O)Nc2ccc3ccccc3c2)cc1. The molecule has 0 saturated heterocycles. The Balaban J connectivity index is 1.37. The van der Waals surface area contributed by atoms with Crippen LogP contribution in [0.25, 0.3) is 10.8 Å². The average Bonchev–Trinajstić information content (AvgIpc) is 2.84. The fourth-order valence-corrected chi connectivity index (χ4v) is 4.96. The van der Waals surface area contributed by atoms with E-state index in [1.54, 1.807) is 36.4 Å². The molecule has 4 rings (SSSR count). The monoisotopic (exact) mass is 474 g/mol. The van der Waals surface area contributed by atoms with E-state index in [4.69, 9.17) is 0 Å². The lowest BCUT2D eigenvalue weighted by Gasteiger charge is -2.16. The largest absolute Gasteiger partial charge is 0.394 e. The summed E-state index contributed by atoms with van der Waals surface area (Å²) in [6.45, 7) is -0.183. The number of anilines is 1. The Labute approximate surface area is 199 Å². The minimum Gasteiger partial charge on any atom is -0.394 e. The first-order valence-corrected chi connectivity index (χ1v) is 12.6. The normalized spacial score (nSPS) is 12.3. The Kier molecular flexibility index (Phi) is 7.25. The van der Waals surface area contributed by atoms with Crippen LogP contribution in [0.3, 0.4) is 0 Å². The molecule has 4 aromatic carbocycles. The number of carbonyl (C=O) groups is 1. The Hall–Kier alpha value is -3.68. The fourth-order valence-electron chi connectivity index (χ4n) is 3.77. The van der Waals surface area contributed by atoms with Gasteiger partial charge in [0.1, 0.15) is 0 Å². The van der Waals surface area contributed by atoms with Crippen molar-refractivity contribution >= 4 is 32.4 Å². The Morgan fingerprint density at radius 1 is 0.794 bits per heavy atom. The summed E-state index contributed by atoms with van der Waals surface area (Å²) in [4.78, 5) is 12.6. The van der Waals surface area contributed by atoms with Crippen LogP contribution < -0.4 is 10.0 Å². The second kappa shape index (κ2) is 10.5. The Bertz CT molecular complexity index is 1370. The van der Waals surface area contributed by atoms with Crippen LogP contribution >= 0.6 is 0 Å². The molecule has 0 bridgehead atoms. The number of hydrogen-bond donors (Lipinski definition) is 3. The number of aliphatic hydroxyl groups is 1. The number of hydrogen-bond acceptors (Lipinski definition) is 4. The highest BCUT2D eigenvalue weighted by Crippen LogP contribution is 2.20. The van der Waals surface area contributed by atoms with Crippen LogP contribution in [0.1, 0.15) is 21.5 Å². The number of amides is 1. The van der Waals surface area contributed by atoms with E-state index in [1.807, 2.05) is 60.7 Å². The van der Waals surface area contributed by atoms with Crippen molar-refractivity contribution in [1.82, 2.24) is 5.32 Å². The van der Waals surface area contributed by atoms with Crippen molar-refractivity contribution in [1.29, 1.82) is 0 Å². The average molecular weight is 475 g/mol. The summed E-state index contributed by atoms with van der Waals surface area (Å²) in [6.07, 6.45) is 0.514. The van der Waals surface area contributed by atoms with Crippen LogP contribution in [0.15, 0.2) is 97.1 Å². The number of benzene rings is 4. The van der Waals surface area contributed by atoms with E-state index in [-0.39, 0.29) is 18.3 Å². The number of nitrogens with one attached hydrogen (secondary N) is 2. The smallest absolute Gasteiger partial charge is 0.251 e. The lowest BCUT2D eigenvalue weighted by atomic mass is 10.1. The third-order valence-electron chi connectivity index (χ3n) is 5.48. The van der Waals surface area contributed by atoms with Crippen molar-refractivity contribution in [2.24, 2.45) is 0 Å². The van der Waals surface area contributed by atoms with Gasteiger partial charge < -0.3 is 10.4 Å². The van der Waals surface area contributed by atoms with Gasteiger partial charge in [-0.2, -0.15) is 0 Å². The van der Waals surface area contributed by atoms with Gasteiger partial charge in [-0.15, -0.1) is 0 Å². The third kappa shape index (κ3) is 6.21. The van der Waals surface area contributed by atoms with Crippen LogP contribution in [0.4, 0.5) is 5.69 Å². The topological polar surface area (TPSA) is 95.5 Å². The van der Waals surface area contributed by atoms with Gasteiger partial charge in [-0.1, -0.05) is 72.8 Å². The van der Waals surface area contributed by atoms with Crippen molar-refractivity contribution in [2.75, 3.05) is 11.3 Å². The fraction of sp³-hybridized carbons (Fsp3) is 0.148. The number of fused-ring (bicyclic) bond motifs is 1. The quantitative estimate of drug-likeness (QED) is 0.340. The van der Waals surface area contributed by atoms with Gasteiger partial charge in [0, 0.05) is 11.3 Å². The van der Waals surface area contributed by atoms with E-state index in [2.05, 4.69) is 10.0 Å². The standard InChI is InChI=1S/C27H26N2O4S/c30-18-26(16-20-6-2-1-3-7-20)28-27(31)23-12-10-21(11-13-23)19-34(32,33)29-25-15-14-22-8-4-5-9-24(22)17-25/h1-15,17,26,29-30H,16,18-19H2,(H,28,31)/t26-/m0/s1. The lowest BCUT2D eigenvalue weighted by molar-refractivity contribution is 0.0916. The molecule has 6 nitrogen and oxygen atoms in total. The maximum Gasteiger partial charge on any atom is 0.251 e. The maximum atomic E-state index is 12.7. The van der Waals surface area contributed by atoms with E-state index in [0.717, 1.165) is 16.3 Å². The Morgan fingerprint density at radius 3 is 2.18 bits per heavy atom. The highest BCUT2D eigenvalue weighted by atomic mass is 32.2. The van der Waals surface area contributed by atoms with Crippen molar-refractivity contribution in [3.8, 4) is 0 Å². The molecule has 7 heteroatoms. The zero-order chi connectivity index (χ0) is 24.0. The summed E-state index contributed by atoms with van der Waals surface area (Å²) in [7, 11) is -3.63. The van der Waals surface area contributed by atoms with E-state index >= 15 is 0 Å². The van der Waals surface area contributed by atoms with Gasteiger partial charge in [0.25, 0.3) is 5.91 Å². The van der Waals surface area contributed by atoms with Gasteiger partial charge in [0.05, 0.1) is 18.4 Å². The molecular weight excluding hydrogens is 448 g/mol. The molecule has 1 amide bonds. The van der Waals surface area contributed by atoms with Gasteiger partial charge in [0.2, 0.25) is 10.0 Å². The molecule has 4 aromatic rings. The molecule has 0 spiro atoms. The summed E-state index contributed by atoms with van der Waals surface area (Å²) in [6, 6.07) is 28.8. The number of carbonyl (C=O) groups excluding carboxylic acids is 1. The molecule has 0 saturated carbocycles. The van der Waals surface area contributed by atoms with Crippen molar-refractivity contribution in [3.63, 3.8) is 0 Å². The molecule has 0 unspecified atom stereocenters. The molecule has 174 valence electrons. The summed E-state index contributed by atoms with van der Waals surface area (Å²) < 4.78 is 27.9. The molecule has 0 heterocycles. The van der Waals surface area contributed by atoms with Gasteiger partial charge in [-0.3, -0.25) is 9.52 Å². The van der Waals surface area contributed by atoms with Crippen LogP contribution in [0, 0.1) is 0 Å². The minimum atomic E-state index is -3.63. The maximum absolute atomic E-state index is 12.7. The van der Waals surface area contributed by atoms with Gasteiger partial charge in [-0.25, -0.2) is 8.42 Å². The zero-order valence-corrected chi connectivity index (χ0v) is 19.3. The van der Waals surface area contributed by atoms with Gasteiger partial charge >= 0.3 is 0 Å². The first-order valence-electron chi connectivity index (χ1n) is 11.0. The molecule has 3 N–H and O–H groups in total. The molecule has 34 heavy (non-hydrogen) atoms. The zero-order valence-electron chi connectivity index (χ0n) is 18.5. The second-order valence-corrected chi connectivity index (χ2v) is 9.88. The first-order chi connectivity index (χ1) is 16.4. The van der Waals surface area contributed by atoms with Crippen molar-refractivity contribution in [3.05, 3.63) is 114 Å². The summed E-state index contributed by atoms with van der Waals surface area (Å²) >= 11 is 0. The van der Waals surface area contributed by atoms with Crippen molar-refractivity contribution in [2.45, 2.75) is 18.2 Å². The number of sulfonamides is 1. The van der Waals surface area contributed by atoms with E-state index in [9.17, 15) is 18.3 Å². The summed E-state index contributed by atoms with van der Waals surface area (Å²) in [5, 5.41) is 14.5. The first kappa shape index (κ1) is 23.5. The highest BCUT2D eigenvalue weighted by Gasteiger charge is 2.16. The van der Waals surface area contributed by atoms with Gasteiger partial charge in [0.15, 0.2) is 0 Å². The number of rotatable bonds is 9. The molecule has 0 aliphatic heterocycles. The molecule has 0 fully saturated rings.